The number of sulfonamides is 1. The molecule has 0 fully saturated rings. The Morgan fingerprint density at radius 2 is 1.30 bits per heavy atom. The number of halogens is 4. The van der Waals surface area contributed by atoms with Crippen LogP contribution >= 0.6 is 66.4 Å². The fourth-order valence-electron chi connectivity index (χ4n) is 5.00. The molecule has 0 saturated heterocycles. The molecule has 13 heteroatoms. The molecule has 3 heterocycles. The number of pyridine rings is 2. The number of rotatable bonds is 13. The molecule has 0 spiro atoms. The topological polar surface area (TPSA) is 87.2 Å². The maximum Gasteiger partial charge on any atom is 0.252 e. The van der Waals surface area contributed by atoms with Crippen molar-refractivity contribution in [1.82, 2.24) is 14.3 Å². The van der Waals surface area contributed by atoms with Crippen LogP contribution in [0.15, 0.2) is 67.1 Å². The van der Waals surface area contributed by atoms with Gasteiger partial charge in [0.25, 0.3) is 10.0 Å². The molecule has 7 nitrogen and oxygen atoms in total. The van der Waals surface area contributed by atoms with Crippen molar-refractivity contribution in [3.8, 4) is 0 Å². The molecule has 2 N–H and O–H groups in total. The first-order valence-electron chi connectivity index (χ1n) is 14.1. The zero-order valence-corrected chi connectivity index (χ0v) is 30.4. The van der Waals surface area contributed by atoms with Gasteiger partial charge in [0.15, 0.2) is 0 Å². The van der Waals surface area contributed by atoms with Gasteiger partial charge >= 0.3 is 0 Å². The normalized spacial score (nSPS) is 12.0. The lowest BCUT2D eigenvalue weighted by Crippen LogP contribution is -2.33. The van der Waals surface area contributed by atoms with Gasteiger partial charge in [-0.05, 0) is 120 Å². The van der Waals surface area contributed by atoms with Crippen molar-refractivity contribution < 1.29 is 8.42 Å². The summed E-state index contributed by atoms with van der Waals surface area (Å²) in [5, 5.41) is 10.2. The lowest BCUT2D eigenvalue weighted by molar-refractivity contribution is 0.400. The summed E-state index contributed by atoms with van der Waals surface area (Å²) in [5.74, 6) is 0. The molecular formula is C31H31Br2Cl2N5O2S2. The average Bonchev–Trinajstić information content (AvgIpc) is 3.32. The number of fused-ring (bicyclic) bond motifs is 2. The SMILES string of the molecule is Cc1cc(NCCCCN(CCCNc2cc(C)nc3ccc(Cl)cc23)S(=O)(=O)c2cc(Br)c(Br)s2)c2cc(Cl)ccc2n1. The highest BCUT2D eigenvalue weighted by atomic mass is 79.9. The highest BCUT2D eigenvalue weighted by molar-refractivity contribution is 9.13. The monoisotopic (exact) mass is 797 g/mol. The minimum Gasteiger partial charge on any atom is -0.384 e. The number of benzene rings is 2. The van der Waals surface area contributed by atoms with Crippen molar-refractivity contribution >= 4 is 110 Å². The quantitative estimate of drug-likeness (QED) is 0.115. The summed E-state index contributed by atoms with van der Waals surface area (Å²) in [4.78, 5) is 9.19. The van der Waals surface area contributed by atoms with E-state index in [1.54, 1.807) is 10.4 Å². The summed E-state index contributed by atoms with van der Waals surface area (Å²) < 4.78 is 30.9. The molecular weight excluding hydrogens is 769 g/mol. The van der Waals surface area contributed by atoms with Crippen LogP contribution in [0.1, 0.15) is 30.7 Å². The molecule has 0 amide bonds. The molecule has 0 radical (unpaired) electrons. The first-order valence-corrected chi connectivity index (χ1v) is 18.7. The molecule has 5 rings (SSSR count). The van der Waals surface area contributed by atoms with Gasteiger partial charge in [-0.1, -0.05) is 23.2 Å². The Kier molecular flexibility index (Phi) is 11.1. The average molecular weight is 800 g/mol. The predicted molar refractivity (Wildman–Crippen MR) is 192 cm³/mol. The Morgan fingerprint density at radius 1 is 0.773 bits per heavy atom. The maximum absolute atomic E-state index is 13.7. The third-order valence-electron chi connectivity index (χ3n) is 7.06. The second-order valence-corrected chi connectivity index (χ2v) is 16.7. The molecule has 3 aromatic heterocycles. The third kappa shape index (κ3) is 8.04. The smallest absolute Gasteiger partial charge is 0.252 e. The minimum atomic E-state index is -3.68. The van der Waals surface area contributed by atoms with Gasteiger partial charge < -0.3 is 10.6 Å². The second kappa shape index (κ2) is 14.6. The van der Waals surface area contributed by atoms with Crippen LogP contribution in [0.25, 0.3) is 21.8 Å². The Morgan fingerprint density at radius 3 is 1.82 bits per heavy atom. The van der Waals surface area contributed by atoms with Crippen molar-refractivity contribution in [3.05, 3.63) is 84.3 Å². The first kappa shape index (κ1) is 33.4. The molecule has 0 saturated carbocycles. The van der Waals surface area contributed by atoms with E-state index >= 15 is 0 Å². The number of aryl methyl sites for hydroxylation is 2. The fraction of sp³-hybridized carbons (Fsp3) is 0.290. The molecule has 0 atom stereocenters. The number of hydrogen-bond donors (Lipinski definition) is 2. The van der Waals surface area contributed by atoms with E-state index in [-0.39, 0.29) is 0 Å². The fourth-order valence-corrected chi connectivity index (χ4v) is 9.84. The second-order valence-electron chi connectivity index (χ2n) is 10.5. The van der Waals surface area contributed by atoms with E-state index in [1.165, 1.54) is 11.3 Å². The number of thiophene rings is 1. The predicted octanol–water partition coefficient (Wildman–Crippen LogP) is 9.68. The van der Waals surface area contributed by atoms with Crippen LogP contribution in [0, 0.1) is 13.8 Å². The minimum absolute atomic E-state index is 0.309. The van der Waals surface area contributed by atoms with Crippen LogP contribution in [-0.4, -0.2) is 48.9 Å². The molecule has 0 aliphatic carbocycles. The summed E-state index contributed by atoms with van der Waals surface area (Å²) in [6, 6.07) is 17.0. The third-order valence-corrected chi connectivity index (χ3v) is 13.1. The highest BCUT2D eigenvalue weighted by Gasteiger charge is 2.26. The van der Waals surface area contributed by atoms with E-state index in [1.807, 2.05) is 62.4 Å². The lowest BCUT2D eigenvalue weighted by atomic mass is 10.1. The first-order chi connectivity index (χ1) is 21.0. The molecule has 0 aliphatic rings. The summed E-state index contributed by atoms with van der Waals surface area (Å²) in [7, 11) is -3.68. The van der Waals surface area contributed by atoms with Crippen LogP contribution in [0.3, 0.4) is 0 Å². The van der Waals surface area contributed by atoms with E-state index in [2.05, 4.69) is 52.5 Å². The number of nitrogens with one attached hydrogen (secondary N) is 2. The van der Waals surface area contributed by atoms with Gasteiger partial charge in [0, 0.05) is 74.2 Å². The van der Waals surface area contributed by atoms with Crippen LogP contribution < -0.4 is 10.6 Å². The summed E-state index contributed by atoms with van der Waals surface area (Å²) in [6.07, 6.45) is 2.11. The lowest BCUT2D eigenvalue weighted by Gasteiger charge is -2.22. The number of unbranched alkanes of at least 4 members (excludes halogenated alkanes) is 1. The van der Waals surface area contributed by atoms with Crippen molar-refractivity contribution in [1.29, 1.82) is 0 Å². The van der Waals surface area contributed by atoms with Gasteiger partial charge in [0.1, 0.15) is 4.21 Å². The highest BCUT2D eigenvalue weighted by Crippen LogP contribution is 2.36. The Balaban J connectivity index is 1.23. The van der Waals surface area contributed by atoms with E-state index in [0.717, 1.165) is 59.2 Å². The standard InChI is InChI=1S/C31H31Br2Cl2N5O2S2/c1-19-14-28(23-16-21(34)6-8-26(23)38-19)36-10-3-4-12-40(44(41,42)30-18-25(32)31(33)43-30)13-5-11-37-29-15-20(2)39-27-9-7-22(35)17-24(27)29/h6-9,14-18H,3-5,10-13H2,1-2H3,(H,36,38)(H,37,39). The summed E-state index contributed by atoms with van der Waals surface area (Å²) in [6.45, 7) is 5.98. The zero-order valence-electron chi connectivity index (χ0n) is 24.1. The molecule has 5 aromatic rings. The van der Waals surface area contributed by atoms with Gasteiger partial charge in [0.2, 0.25) is 0 Å². The number of nitrogens with zero attached hydrogens (tertiary/aromatic N) is 3. The van der Waals surface area contributed by atoms with Crippen molar-refractivity contribution in [3.63, 3.8) is 0 Å². The van der Waals surface area contributed by atoms with Crippen LogP contribution in [0.5, 0.6) is 0 Å². The van der Waals surface area contributed by atoms with Crippen molar-refractivity contribution in [2.45, 2.75) is 37.3 Å². The molecule has 232 valence electrons. The Hall–Kier alpha value is -1.99. The number of aromatic nitrogens is 2. The Labute approximate surface area is 288 Å². The van der Waals surface area contributed by atoms with Gasteiger partial charge in [-0.25, -0.2) is 8.42 Å². The summed E-state index contributed by atoms with van der Waals surface area (Å²) in [5.41, 5.74) is 5.46. The van der Waals surface area contributed by atoms with Crippen molar-refractivity contribution in [2.24, 2.45) is 0 Å². The number of anilines is 2. The zero-order chi connectivity index (χ0) is 31.4. The van der Waals surface area contributed by atoms with E-state index in [0.29, 0.717) is 53.3 Å². The molecule has 0 unspecified atom stereocenters. The largest absolute Gasteiger partial charge is 0.384 e. The van der Waals surface area contributed by atoms with E-state index in [4.69, 9.17) is 23.2 Å². The van der Waals surface area contributed by atoms with Crippen LogP contribution in [-0.2, 0) is 10.0 Å². The Bertz CT molecular complexity index is 1900. The van der Waals surface area contributed by atoms with Crippen LogP contribution in [0.2, 0.25) is 10.0 Å². The summed E-state index contributed by atoms with van der Waals surface area (Å²) >= 11 is 20.6. The van der Waals surface area contributed by atoms with Crippen LogP contribution in [0.4, 0.5) is 11.4 Å². The molecule has 0 bridgehead atoms. The van der Waals surface area contributed by atoms with Gasteiger partial charge in [-0.15, -0.1) is 11.3 Å². The molecule has 44 heavy (non-hydrogen) atoms. The molecule has 2 aromatic carbocycles. The van der Waals surface area contributed by atoms with E-state index < -0.39 is 10.0 Å². The van der Waals surface area contributed by atoms with Gasteiger partial charge in [-0.2, -0.15) is 4.31 Å². The van der Waals surface area contributed by atoms with Gasteiger partial charge in [-0.3, -0.25) is 9.97 Å². The van der Waals surface area contributed by atoms with Crippen molar-refractivity contribution in [2.75, 3.05) is 36.8 Å². The maximum atomic E-state index is 13.7. The van der Waals surface area contributed by atoms with E-state index in [9.17, 15) is 8.42 Å². The van der Waals surface area contributed by atoms with Gasteiger partial charge in [0.05, 0.1) is 14.8 Å². The molecule has 0 aliphatic heterocycles. The number of hydrogen-bond acceptors (Lipinski definition) is 7.